The number of aromatic nitrogens is 2. The van der Waals surface area contributed by atoms with E-state index in [9.17, 15) is 14.0 Å². The SMILES string of the molecule is CC(C)c1cc(Oc2c(Cl)cc(NC(=O)OCC#N)c(F)c2Cl)nn(C)c1=O. The predicted molar refractivity (Wildman–Crippen MR) is 101 cm³/mol. The zero-order valence-electron chi connectivity index (χ0n) is 15.0. The van der Waals surface area contributed by atoms with Crippen molar-refractivity contribution in [3.63, 3.8) is 0 Å². The summed E-state index contributed by atoms with van der Waals surface area (Å²) < 4.78 is 25.6. The minimum Gasteiger partial charge on any atom is -0.434 e. The summed E-state index contributed by atoms with van der Waals surface area (Å²) in [5.41, 5.74) is -0.207. The molecule has 0 radical (unpaired) electrons. The van der Waals surface area contributed by atoms with E-state index in [2.05, 4.69) is 15.2 Å². The number of benzene rings is 1. The molecule has 8 nitrogen and oxygen atoms in total. The van der Waals surface area contributed by atoms with Gasteiger partial charge in [-0.3, -0.25) is 10.1 Å². The summed E-state index contributed by atoms with van der Waals surface area (Å²) in [5.74, 6) is -1.37. The van der Waals surface area contributed by atoms with E-state index in [4.69, 9.17) is 33.2 Å². The Morgan fingerprint density at radius 3 is 2.71 bits per heavy atom. The first-order valence-electron chi connectivity index (χ1n) is 7.90. The number of carbonyl (C=O) groups excluding carboxylic acids is 1. The van der Waals surface area contributed by atoms with Gasteiger partial charge in [-0.15, -0.1) is 5.10 Å². The van der Waals surface area contributed by atoms with Gasteiger partial charge in [-0.05, 0) is 12.0 Å². The summed E-state index contributed by atoms with van der Waals surface area (Å²) in [7, 11) is 1.45. The second-order valence-electron chi connectivity index (χ2n) is 5.85. The van der Waals surface area contributed by atoms with Gasteiger partial charge in [-0.1, -0.05) is 37.0 Å². The second kappa shape index (κ2) is 8.91. The van der Waals surface area contributed by atoms with Crippen LogP contribution in [0.15, 0.2) is 16.9 Å². The zero-order valence-corrected chi connectivity index (χ0v) is 16.6. The summed E-state index contributed by atoms with van der Waals surface area (Å²) in [4.78, 5) is 23.6. The Morgan fingerprint density at radius 1 is 1.43 bits per heavy atom. The van der Waals surface area contributed by atoms with Crippen LogP contribution >= 0.6 is 23.2 Å². The van der Waals surface area contributed by atoms with Crippen LogP contribution in [0.3, 0.4) is 0 Å². The lowest BCUT2D eigenvalue weighted by Gasteiger charge is -2.14. The smallest absolute Gasteiger partial charge is 0.412 e. The molecule has 0 fully saturated rings. The molecule has 0 aliphatic rings. The molecule has 148 valence electrons. The first kappa shape index (κ1) is 21.5. The number of nitriles is 1. The van der Waals surface area contributed by atoms with Crippen LogP contribution in [0, 0.1) is 17.1 Å². The molecule has 0 atom stereocenters. The topological polar surface area (TPSA) is 106 Å². The van der Waals surface area contributed by atoms with E-state index >= 15 is 0 Å². The van der Waals surface area contributed by atoms with Gasteiger partial charge in [0.15, 0.2) is 18.2 Å². The quantitative estimate of drug-likeness (QED) is 0.714. The number of amides is 1. The molecular weight excluding hydrogens is 414 g/mol. The van der Waals surface area contributed by atoms with Crippen molar-refractivity contribution in [3.8, 4) is 17.7 Å². The van der Waals surface area contributed by atoms with Gasteiger partial charge >= 0.3 is 6.09 Å². The molecule has 0 spiro atoms. The molecule has 0 saturated heterocycles. The molecule has 1 amide bonds. The minimum atomic E-state index is -1.05. The van der Waals surface area contributed by atoms with E-state index in [1.807, 2.05) is 13.8 Å². The lowest BCUT2D eigenvalue weighted by molar-refractivity contribution is 0.175. The summed E-state index contributed by atoms with van der Waals surface area (Å²) in [5, 5.41) is 13.8. The summed E-state index contributed by atoms with van der Waals surface area (Å²) in [6, 6.07) is 4.09. The Morgan fingerprint density at radius 2 is 2.11 bits per heavy atom. The number of hydrogen-bond acceptors (Lipinski definition) is 6. The molecule has 11 heteroatoms. The van der Waals surface area contributed by atoms with Gasteiger partial charge < -0.3 is 9.47 Å². The molecule has 2 rings (SSSR count). The molecule has 1 N–H and O–H groups in total. The highest BCUT2D eigenvalue weighted by Crippen LogP contribution is 2.41. The molecule has 0 aliphatic carbocycles. The van der Waals surface area contributed by atoms with Crippen LogP contribution in [-0.2, 0) is 11.8 Å². The fourth-order valence-corrected chi connectivity index (χ4v) is 2.71. The van der Waals surface area contributed by atoms with Crippen LogP contribution in [0.25, 0.3) is 0 Å². The fraction of sp³-hybridized carbons (Fsp3) is 0.294. The molecule has 0 aliphatic heterocycles. The van der Waals surface area contributed by atoms with Gasteiger partial charge in [0.05, 0.1) is 10.7 Å². The molecule has 2 aromatic rings. The van der Waals surface area contributed by atoms with Crippen LogP contribution in [0.5, 0.6) is 11.6 Å². The number of halogens is 3. The second-order valence-corrected chi connectivity index (χ2v) is 6.63. The number of nitrogens with one attached hydrogen (secondary N) is 1. The maximum Gasteiger partial charge on any atom is 0.412 e. The molecule has 28 heavy (non-hydrogen) atoms. The molecular formula is C17H15Cl2FN4O4. The average Bonchev–Trinajstić information content (AvgIpc) is 2.63. The molecule has 0 saturated carbocycles. The van der Waals surface area contributed by atoms with Crippen molar-refractivity contribution in [2.75, 3.05) is 11.9 Å². The van der Waals surface area contributed by atoms with Crippen molar-refractivity contribution in [3.05, 3.63) is 43.9 Å². The first-order chi connectivity index (χ1) is 13.1. The van der Waals surface area contributed by atoms with E-state index in [1.54, 1.807) is 6.07 Å². The molecule has 1 aromatic carbocycles. The van der Waals surface area contributed by atoms with Gasteiger partial charge in [-0.2, -0.15) is 5.26 Å². The van der Waals surface area contributed by atoms with Gasteiger partial charge in [-0.25, -0.2) is 13.9 Å². The van der Waals surface area contributed by atoms with Crippen molar-refractivity contribution < 1.29 is 18.7 Å². The van der Waals surface area contributed by atoms with Crippen molar-refractivity contribution in [2.45, 2.75) is 19.8 Å². The summed E-state index contributed by atoms with van der Waals surface area (Å²) in [6.45, 7) is 3.14. The number of hydrogen-bond donors (Lipinski definition) is 1. The van der Waals surface area contributed by atoms with Gasteiger partial charge in [0.25, 0.3) is 5.56 Å². The minimum absolute atomic E-state index is 0.0110. The highest BCUT2D eigenvalue weighted by atomic mass is 35.5. The maximum atomic E-state index is 14.5. The third-order valence-electron chi connectivity index (χ3n) is 3.52. The Bertz CT molecular complexity index is 1020. The standard InChI is InChI=1S/C17H15Cl2FN4O4/c1-8(2)9-6-12(23-24(3)16(9)25)28-15-10(18)7-11(14(20)13(15)19)22-17(26)27-5-4-21/h6-8H,5H2,1-3H3,(H,22,26). The van der Waals surface area contributed by atoms with Gasteiger partial charge in [0, 0.05) is 18.7 Å². The Kier molecular flexibility index (Phi) is 6.83. The van der Waals surface area contributed by atoms with Crippen molar-refractivity contribution >= 4 is 35.0 Å². The first-order valence-corrected chi connectivity index (χ1v) is 8.65. The highest BCUT2D eigenvalue weighted by Gasteiger charge is 2.21. The molecule has 1 heterocycles. The number of rotatable bonds is 5. The summed E-state index contributed by atoms with van der Waals surface area (Å²) >= 11 is 12.1. The number of carbonyl (C=O) groups is 1. The number of anilines is 1. The molecule has 0 unspecified atom stereocenters. The highest BCUT2D eigenvalue weighted by molar-refractivity contribution is 6.37. The lowest BCUT2D eigenvalue weighted by Crippen LogP contribution is -2.24. The van der Waals surface area contributed by atoms with Crippen LogP contribution in [-0.4, -0.2) is 22.5 Å². The largest absolute Gasteiger partial charge is 0.434 e. The van der Waals surface area contributed by atoms with E-state index < -0.39 is 23.5 Å². The van der Waals surface area contributed by atoms with E-state index in [0.717, 1.165) is 10.7 Å². The molecule has 0 bridgehead atoms. The van der Waals surface area contributed by atoms with Crippen LogP contribution < -0.4 is 15.6 Å². The predicted octanol–water partition coefficient (Wildman–Crippen LogP) is 4.21. The number of nitrogens with zero attached hydrogens (tertiary/aromatic N) is 3. The lowest BCUT2D eigenvalue weighted by atomic mass is 10.1. The van der Waals surface area contributed by atoms with Crippen molar-refractivity contribution in [1.29, 1.82) is 5.26 Å². The fourth-order valence-electron chi connectivity index (χ4n) is 2.18. The third-order valence-corrected chi connectivity index (χ3v) is 4.14. The van der Waals surface area contributed by atoms with Crippen LogP contribution in [0.4, 0.5) is 14.9 Å². The Labute approximate surface area is 169 Å². The maximum absolute atomic E-state index is 14.5. The van der Waals surface area contributed by atoms with Crippen LogP contribution in [0.2, 0.25) is 10.0 Å². The Hall–Kier alpha value is -2.83. The van der Waals surface area contributed by atoms with Gasteiger partial charge in [0.1, 0.15) is 11.1 Å². The van der Waals surface area contributed by atoms with E-state index in [0.29, 0.717) is 5.56 Å². The van der Waals surface area contributed by atoms with Crippen LogP contribution in [0.1, 0.15) is 25.3 Å². The number of ether oxygens (including phenoxy) is 2. The monoisotopic (exact) mass is 428 g/mol. The van der Waals surface area contributed by atoms with Crippen molar-refractivity contribution in [1.82, 2.24) is 9.78 Å². The zero-order chi connectivity index (χ0) is 21.0. The van der Waals surface area contributed by atoms with E-state index in [-0.39, 0.29) is 33.8 Å². The average molecular weight is 429 g/mol. The molecule has 1 aromatic heterocycles. The summed E-state index contributed by atoms with van der Waals surface area (Å²) in [6.07, 6.45) is -1.05. The van der Waals surface area contributed by atoms with E-state index in [1.165, 1.54) is 13.1 Å². The third kappa shape index (κ3) is 4.71. The van der Waals surface area contributed by atoms with Gasteiger partial charge in [0.2, 0.25) is 5.88 Å². The number of aryl methyl sites for hydroxylation is 1. The van der Waals surface area contributed by atoms with Crippen molar-refractivity contribution in [2.24, 2.45) is 7.05 Å². The Balaban J connectivity index is 2.38. The normalized spacial score (nSPS) is 10.5.